The molecule has 0 aliphatic carbocycles. The number of nitrogens with one attached hydrogen (secondary N) is 1. The maximum Gasteiger partial charge on any atom is 0.275 e. The van der Waals surface area contributed by atoms with E-state index in [1.54, 1.807) is 13.0 Å². The zero-order valence-electron chi connectivity index (χ0n) is 8.12. The second-order valence-electron chi connectivity index (χ2n) is 3.24. The molecule has 0 unspecified atom stereocenters. The van der Waals surface area contributed by atoms with Crippen LogP contribution in [0.3, 0.4) is 0 Å². The monoisotopic (exact) mass is 264 g/mol. The molecule has 0 saturated carbocycles. The van der Waals surface area contributed by atoms with E-state index in [0.717, 1.165) is 10.0 Å². The molecule has 0 radical (unpaired) electrons. The van der Waals surface area contributed by atoms with E-state index < -0.39 is 0 Å². The molecule has 15 heavy (non-hydrogen) atoms. The summed E-state index contributed by atoms with van der Waals surface area (Å²) in [5, 5.41) is 2.63. The van der Waals surface area contributed by atoms with E-state index in [-0.39, 0.29) is 5.91 Å². The number of halogens is 1. The first-order valence-corrected chi connectivity index (χ1v) is 5.28. The highest BCUT2D eigenvalue weighted by atomic mass is 79.9. The van der Waals surface area contributed by atoms with Crippen molar-refractivity contribution < 1.29 is 4.79 Å². The largest absolute Gasteiger partial charge is 0.309 e. The number of nitrogens with zero attached hydrogens (tertiary/aromatic N) is 1. The first-order valence-electron chi connectivity index (χ1n) is 4.49. The van der Waals surface area contributed by atoms with Crippen molar-refractivity contribution >= 4 is 33.7 Å². The minimum Gasteiger partial charge on any atom is -0.309 e. The quantitative estimate of drug-likeness (QED) is 0.778. The summed E-state index contributed by atoms with van der Waals surface area (Å²) in [4.78, 5) is 15.5. The highest BCUT2D eigenvalue weighted by molar-refractivity contribution is 9.10. The van der Waals surface area contributed by atoms with Gasteiger partial charge in [-0.2, -0.15) is 0 Å². The third kappa shape index (κ3) is 2.33. The van der Waals surface area contributed by atoms with Crippen LogP contribution in [-0.4, -0.2) is 11.7 Å². The maximum absolute atomic E-state index is 11.4. The Bertz CT molecular complexity index is 477. The lowest BCUT2D eigenvalue weighted by Crippen LogP contribution is -2.21. The van der Waals surface area contributed by atoms with E-state index in [9.17, 15) is 4.79 Å². The summed E-state index contributed by atoms with van der Waals surface area (Å²) < 4.78 is 0.982. The molecule has 2 rings (SSSR count). The van der Waals surface area contributed by atoms with Gasteiger partial charge in [0.2, 0.25) is 0 Å². The molecule has 1 aromatic carbocycles. The van der Waals surface area contributed by atoms with Gasteiger partial charge in [-0.05, 0) is 30.7 Å². The summed E-state index contributed by atoms with van der Waals surface area (Å²) in [6.07, 6.45) is 1.76. The van der Waals surface area contributed by atoms with Crippen molar-refractivity contribution in [1.82, 2.24) is 5.32 Å². The fourth-order valence-corrected chi connectivity index (χ4v) is 1.76. The lowest BCUT2D eigenvalue weighted by atomic mass is 10.2. The predicted molar refractivity (Wildman–Crippen MR) is 63.4 cm³/mol. The summed E-state index contributed by atoms with van der Waals surface area (Å²) >= 11 is 3.37. The van der Waals surface area contributed by atoms with Crippen LogP contribution in [0.15, 0.2) is 39.4 Å². The normalized spacial score (nSPS) is 17.9. The number of aliphatic imine (C=N–C) groups is 1. The SMILES string of the molecule is CC1=N/C(=C/c2cccc(Br)c2)C(=O)N1. The van der Waals surface area contributed by atoms with Gasteiger partial charge in [0, 0.05) is 4.47 Å². The molecule has 1 amide bonds. The maximum atomic E-state index is 11.4. The van der Waals surface area contributed by atoms with Gasteiger partial charge < -0.3 is 5.32 Å². The third-order valence-electron chi connectivity index (χ3n) is 1.97. The van der Waals surface area contributed by atoms with Gasteiger partial charge in [0.25, 0.3) is 5.91 Å². The molecule has 0 bridgehead atoms. The van der Waals surface area contributed by atoms with Gasteiger partial charge in [-0.25, -0.2) is 4.99 Å². The Morgan fingerprint density at radius 1 is 1.47 bits per heavy atom. The molecule has 0 atom stereocenters. The predicted octanol–water partition coefficient (Wildman–Crippen LogP) is 2.34. The molecule has 1 aliphatic rings. The van der Waals surface area contributed by atoms with Crippen LogP contribution in [0.1, 0.15) is 12.5 Å². The number of carbonyl (C=O) groups is 1. The van der Waals surface area contributed by atoms with E-state index in [1.165, 1.54) is 0 Å². The number of rotatable bonds is 1. The smallest absolute Gasteiger partial charge is 0.275 e. The van der Waals surface area contributed by atoms with Gasteiger partial charge in [-0.3, -0.25) is 4.79 Å². The summed E-state index contributed by atoms with van der Waals surface area (Å²) in [7, 11) is 0. The van der Waals surface area contributed by atoms with Crippen LogP contribution < -0.4 is 5.32 Å². The molecule has 0 fully saturated rings. The molecule has 0 aromatic heterocycles. The van der Waals surface area contributed by atoms with Gasteiger partial charge in [0.1, 0.15) is 11.5 Å². The zero-order valence-corrected chi connectivity index (χ0v) is 9.71. The van der Waals surface area contributed by atoms with Gasteiger partial charge in [0.05, 0.1) is 0 Å². The summed E-state index contributed by atoms with van der Waals surface area (Å²) in [6.45, 7) is 1.76. The number of hydrogen-bond donors (Lipinski definition) is 1. The van der Waals surface area contributed by atoms with Crippen molar-refractivity contribution in [2.24, 2.45) is 4.99 Å². The number of hydrogen-bond acceptors (Lipinski definition) is 2. The second-order valence-corrected chi connectivity index (χ2v) is 4.15. The minimum absolute atomic E-state index is 0.146. The summed E-state index contributed by atoms with van der Waals surface area (Å²) in [5.74, 6) is 0.494. The van der Waals surface area contributed by atoms with Crippen molar-refractivity contribution in [2.75, 3.05) is 0 Å². The first-order chi connectivity index (χ1) is 7.15. The first kappa shape index (κ1) is 10.1. The van der Waals surface area contributed by atoms with E-state index in [1.807, 2.05) is 24.3 Å². The molecular formula is C11H9BrN2O. The molecule has 1 heterocycles. The third-order valence-corrected chi connectivity index (χ3v) is 2.46. The molecule has 0 saturated heterocycles. The number of carbonyl (C=O) groups excluding carboxylic acids is 1. The highest BCUT2D eigenvalue weighted by Gasteiger charge is 2.16. The molecule has 0 spiro atoms. The Labute approximate surface area is 96.0 Å². The van der Waals surface area contributed by atoms with Crippen LogP contribution in [0, 0.1) is 0 Å². The van der Waals surface area contributed by atoms with Crippen LogP contribution >= 0.6 is 15.9 Å². The van der Waals surface area contributed by atoms with Gasteiger partial charge >= 0.3 is 0 Å². The van der Waals surface area contributed by atoms with E-state index in [2.05, 4.69) is 26.2 Å². The average Bonchev–Trinajstić information content (AvgIpc) is 2.45. The van der Waals surface area contributed by atoms with Crippen LogP contribution in [-0.2, 0) is 4.79 Å². The van der Waals surface area contributed by atoms with Gasteiger partial charge in [-0.15, -0.1) is 0 Å². The standard InChI is InChI=1S/C11H9BrN2O/c1-7-13-10(11(15)14-7)6-8-3-2-4-9(12)5-8/h2-6H,1H3,(H,13,14,15)/b10-6+. The van der Waals surface area contributed by atoms with Crippen molar-refractivity contribution in [1.29, 1.82) is 0 Å². The fraction of sp³-hybridized carbons (Fsp3) is 0.0909. The highest BCUT2D eigenvalue weighted by Crippen LogP contribution is 2.16. The van der Waals surface area contributed by atoms with Crippen molar-refractivity contribution in [3.05, 3.63) is 40.0 Å². The lowest BCUT2D eigenvalue weighted by molar-refractivity contribution is -0.115. The molecule has 3 nitrogen and oxygen atoms in total. The van der Waals surface area contributed by atoms with Crippen molar-refractivity contribution in [3.8, 4) is 0 Å². The Kier molecular flexibility index (Phi) is 2.68. The van der Waals surface area contributed by atoms with E-state index in [4.69, 9.17) is 0 Å². The van der Waals surface area contributed by atoms with Crippen LogP contribution in [0.5, 0.6) is 0 Å². The van der Waals surface area contributed by atoms with E-state index in [0.29, 0.717) is 11.5 Å². The molecule has 1 N–H and O–H groups in total. The molecule has 1 aliphatic heterocycles. The Morgan fingerprint density at radius 3 is 2.87 bits per heavy atom. The van der Waals surface area contributed by atoms with Crippen molar-refractivity contribution in [2.45, 2.75) is 6.92 Å². The number of amides is 1. The van der Waals surface area contributed by atoms with Crippen LogP contribution in [0.25, 0.3) is 6.08 Å². The Balaban J connectivity index is 2.35. The minimum atomic E-state index is -0.146. The summed E-state index contributed by atoms with van der Waals surface area (Å²) in [5.41, 5.74) is 1.40. The topological polar surface area (TPSA) is 41.5 Å². The lowest BCUT2D eigenvalue weighted by Gasteiger charge is -1.95. The summed E-state index contributed by atoms with van der Waals surface area (Å²) in [6, 6.07) is 7.71. The Hall–Kier alpha value is -1.42. The molecular weight excluding hydrogens is 256 g/mol. The fourth-order valence-electron chi connectivity index (χ4n) is 1.34. The Morgan fingerprint density at radius 2 is 2.27 bits per heavy atom. The van der Waals surface area contributed by atoms with E-state index >= 15 is 0 Å². The van der Waals surface area contributed by atoms with Crippen LogP contribution in [0.2, 0.25) is 0 Å². The molecule has 4 heteroatoms. The molecule has 76 valence electrons. The van der Waals surface area contributed by atoms with Gasteiger partial charge in [0.15, 0.2) is 0 Å². The second kappa shape index (κ2) is 3.98. The number of amidine groups is 1. The van der Waals surface area contributed by atoms with Crippen LogP contribution in [0.4, 0.5) is 0 Å². The molecule has 1 aromatic rings. The van der Waals surface area contributed by atoms with Crippen molar-refractivity contribution in [3.63, 3.8) is 0 Å². The number of benzene rings is 1. The average molecular weight is 265 g/mol. The zero-order chi connectivity index (χ0) is 10.8. The van der Waals surface area contributed by atoms with Gasteiger partial charge in [-0.1, -0.05) is 28.1 Å².